The van der Waals surface area contributed by atoms with Crippen molar-refractivity contribution in [2.75, 3.05) is 52.6 Å². The predicted molar refractivity (Wildman–Crippen MR) is 85.2 cm³/mol. The van der Waals surface area contributed by atoms with Gasteiger partial charge in [0.2, 0.25) is 0 Å². The molecule has 0 aromatic carbocycles. The summed E-state index contributed by atoms with van der Waals surface area (Å²) in [5, 5.41) is 0. The normalized spacial score (nSPS) is 24.0. The van der Waals surface area contributed by atoms with Crippen molar-refractivity contribution in [1.82, 2.24) is 19.6 Å². The van der Waals surface area contributed by atoms with E-state index >= 15 is 0 Å². The Balaban J connectivity index is 2.02. The minimum atomic E-state index is 1.10. The van der Waals surface area contributed by atoms with Crippen LogP contribution in [0.15, 0.2) is 11.4 Å². The topological polar surface area (TPSA) is 13.0 Å². The molecule has 4 nitrogen and oxygen atoms in total. The van der Waals surface area contributed by atoms with Gasteiger partial charge in [-0.25, -0.2) is 0 Å². The first kappa shape index (κ1) is 15.6. The molecule has 0 bridgehead atoms. The second-order valence-electron chi connectivity index (χ2n) is 6.11. The van der Waals surface area contributed by atoms with E-state index < -0.39 is 0 Å². The van der Waals surface area contributed by atoms with Crippen LogP contribution >= 0.6 is 0 Å². The van der Waals surface area contributed by atoms with Gasteiger partial charge in [-0.05, 0) is 39.8 Å². The van der Waals surface area contributed by atoms with Crippen molar-refractivity contribution in [3.05, 3.63) is 11.4 Å². The molecule has 0 aromatic heterocycles. The summed E-state index contributed by atoms with van der Waals surface area (Å²) in [7, 11) is 0. The van der Waals surface area contributed by atoms with Crippen LogP contribution in [0.5, 0.6) is 0 Å². The largest absolute Gasteiger partial charge is 0.361 e. The molecule has 0 N–H and O–H groups in total. The Morgan fingerprint density at radius 3 is 1.45 bits per heavy atom. The molecular formula is C16H32N4. The Labute approximate surface area is 125 Å². The molecule has 2 aliphatic rings. The van der Waals surface area contributed by atoms with Crippen molar-refractivity contribution in [2.45, 2.75) is 40.5 Å². The van der Waals surface area contributed by atoms with Crippen LogP contribution in [0.4, 0.5) is 0 Å². The molecular weight excluding hydrogens is 248 g/mol. The van der Waals surface area contributed by atoms with Crippen molar-refractivity contribution in [2.24, 2.45) is 0 Å². The minimum Gasteiger partial charge on any atom is -0.361 e. The lowest BCUT2D eigenvalue weighted by molar-refractivity contribution is 0.0981. The zero-order valence-corrected chi connectivity index (χ0v) is 13.9. The van der Waals surface area contributed by atoms with Gasteiger partial charge in [0.15, 0.2) is 0 Å². The van der Waals surface area contributed by atoms with Gasteiger partial charge in [-0.1, -0.05) is 13.8 Å². The lowest BCUT2D eigenvalue weighted by Crippen LogP contribution is -2.47. The molecule has 2 fully saturated rings. The summed E-state index contributed by atoms with van der Waals surface area (Å²) in [6, 6.07) is 0. The van der Waals surface area contributed by atoms with E-state index in [0.29, 0.717) is 0 Å². The highest BCUT2D eigenvalue weighted by molar-refractivity contribution is 5.09. The van der Waals surface area contributed by atoms with Crippen LogP contribution in [-0.2, 0) is 0 Å². The first-order chi connectivity index (χ1) is 9.65. The Morgan fingerprint density at radius 2 is 1.10 bits per heavy atom. The van der Waals surface area contributed by atoms with Crippen molar-refractivity contribution in [3.8, 4) is 0 Å². The van der Waals surface area contributed by atoms with Gasteiger partial charge < -0.3 is 9.80 Å². The fourth-order valence-corrected chi connectivity index (χ4v) is 3.26. The van der Waals surface area contributed by atoms with Crippen molar-refractivity contribution >= 4 is 0 Å². The van der Waals surface area contributed by atoms with Crippen LogP contribution in [0.3, 0.4) is 0 Å². The van der Waals surface area contributed by atoms with E-state index in [4.69, 9.17) is 0 Å². The van der Waals surface area contributed by atoms with E-state index in [1.165, 1.54) is 50.4 Å². The maximum absolute atomic E-state index is 2.56. The van der Waals surface area contributed by atoms with Crippen LogP contribution in [0.25, 0.3) is 0 Å². The van der Waals surface area contributed by atoms with Gasteiger partial charge in [0.05, 0.1) is 13.3 Å². The average Bonchev–Trinajstić information content (AvgIpc) is 2.53. The highest BCUT2D eigenvalue weighted by atomic mass is 15.4. The summed E-state index contributed by atoms with van der Waals surface area (Å²) in [4.78, 5) is 10.2. The van der Waals surface area contributed by atoms with E-state index in [2.05, 4.69) is 47.3 Å². The van der Waals surface area contributed by atoms with E-state index in [1.807, 2.05) is 0 Å². The third-order valence-electron chi connectivity index (χ3n) is 4.91. The maximum Gasteiger partial charge on any atom is 0.0704 e. The molecule has 2 heterocycles. The fourth-order valence-electron chi connectivity index (χ4n) is 3.26. The predicted octanol–water partition coefficient (Wildman–Crippen LogP) is 2.21. The SMILES string of the molecule is CCN1CCCN(C(C)=C(C)N2CCCN(CC)C2)C1. The van der Waals surface area contributed by atoms with Crippen LogP contribution in [-0.4, -0.2) is 72.2 Å². The first-order valence-electron chi connectivity index (χ1n) is 8.27. The molecule has 0 radical (unpaired) electrons. The second-order valence-corrected chi connectivity index (χ2v) is 6.11. The molecule has 4 heteroatoms. The molecule has 2 rings (SSSR count). The highest BCUT2D eigenvalue weighted by Crippen LogP contribution is 2.20. The summed E-state index contributed by atoms with van der Waals surface area (Å²) in [6.45, 7) is 18.6. The number of nitrogens with zero attached hydrogens (tertiary/aromatic N) is 4. The van der Waals surface area contributed by atoms with E-state index in [-0.39, 0.29) is 0 Å². The molecule has 0 unspecified atom stereocenters. The zero-order valence-electron chi connectivity index (χ0n) is 13.9. The summed E-state index contributed by atoms with van der Waals surface area (Å²) in [5.41, 5.74) is 2.95. The third-order valence-corrected chi connectivity index (χ3v) is 4.91. The van der Waals surface area contributed by atoms with Crippen LogP contribution < -0.4 is 0 Å². The van der Waals surface area contributed by atoms with Crippen molar-refractivity contribution in [1.29, 1.82) is 0 Å². The Kier molecular flexibility index (Phi) is 5.73. The van der Waals surface area contributed by atoms with Crippen LogP contribution in [0.2, 0.25) is 0 Å². The van der Waals surface area contributed by atoms with Crippen molar-refractivity contribution < 1.29 is 0 Å². The molecule has 0 spiro atoms. The smallest absolute Gasteiger partial charge is 0.0704 e. The third kappa shape index (κ3) is 3.67. The van der Waals surface area contributed by atoms with Crippen LogP contribution in [0.1, 0.15) is 40.5 Å². The Morgan fingerprint density at radius 1 is 0.700 bits per heavy atom. The van der Waals surface area contributed by atoms with Gasteiger partial charge in [-0.3, -0.25) is 9.80 Å². The molecule has 2 aliphatic heterocycles. The maximum atomic E-state index is 2.56. The number of rotatable bonds is 4. The quantitative estimate of drug-likeness (QED) is 0.783. The minimum absolute atomic E-state index is 1.10. The summed E-state index contributed by atoms with van der Waals surface area (Å²) in [6.07, 6.45) is 2.58. The monoisotopic (exact) mass is 280 g/mol. The molecule has 116 valence electrons. The zero-order chi connectivity index (χ0) is 14.5. The van der Waals surface area contributed by atoms with E-state index in [0.717, 1.165) is 26.4 Å². The summed E-state index contributed by atoms with van der Waals surface area (Å²) >= 11 is 0. The molecule has 0 saturated carbocycles. The molecule has 0 aromatic rings. The lowest BCUT2D eigenvalue weighted by atomic mass is 10.2. The van der Waals surface area contributed by atoms with Crippen LogP contribution in [0, 0.1) is 0 Å². The second kappa shape index (κ2) is 7.32. The molecule has 0 atom stereocenters. The lowest BCUT2D eigenvalue weighted by Gasteiger charge is -2.41. The summed E-state index contributed by atoms with van der Waals surface area (Å²) < 4.78 is 0. The number of hydrogen-bond donors (Lipinski definition) is 0. The Hall–Kier alpha value is -0.740. The van der Waals surface area contributed by atoms with Gasteiger partial charge in [0, 0.05) is 37.6 Å². The summed E-state index contributed by atoms with van der Waals surface area (Å²) in [5.74, 6) is 0. The van der Waals surface area contributed by atoms with Crippen molar-refractivity contribution in [3.63, 3.8) is 0 Å². The Bertz CT molecular complexity index is 307. The first-order valence-corrected chi connectivity index (χ1v) is 8.27. The molecule has 2 saturated heterocycles. The highest BCUT2D eigenvalue weighted by Gasteiger charge is 2.21. The van der Waals surface area contributed by atoms with Gasteiger partial charge in [0.25, 0.3) is 0 Å². The number of allylic oxidation sites excluding steroid dienone is 2. The molecule has 0 aliphatic carbocycles. The molecule has 20 heavy (non-hydrogen) atoms. The van der Waals surface area contributed by atoms with Gasteiger partial charge in [-0.2, -0.15) is 0 Å². The standard InChI is InChI=1S/C16H32N4/c1-5-17-9-7-11-19(13-17)15(3)16(4)20-12-8-10-18(6-2)14-20/h5-14H2,1-4H3. The number of hydrogen-bond acceptors (Lipinski definition) is 4. The van der Waals surface area contributed by atoms with E-state index in [1.54, 1.807) is 0 Å². The van der Waals surface area contributed by atoms with Gasteiger partial charge in [-0.15, -0.1) is 0 Å². The van der Waals surface area contributed by atoms with Gasteiger partial charge in [0.1, 0.15) is 0 Å². The molecule has 0 amide bonds. The van der Waals surface area contributed by atoms with Gasteiger partial charge >= 0.3 is 0 Å². The average molecular weight is 280 g/mol. The van der Waals surface area contributed by atoms with E-state index in [9.17, 15) is 0 Å². The fraction of sp³-hybridized carbons (Fsp3) is 0.875.